The number of likely N-dealkylation sites (tertiary alicyclic amines) is 1. The van der Waals surface area contributed by atoms with Crippen molar-refractivity contribution >= 4 is 16.6 Å². The summed E-state index contributed by atoms with van der Waals surface area (Å²) in [6.07, 6.45) is 3.14. The zero-order chi connectivity index (χ0) is 21.8. The highest BCUT2D eigenvalue weighted by Gasteiger charge is 2.25. The number of rotatable bonds is 4. The highest BCUT2D eigenvalue weighted by molar-refractivity contribution is 5.84. The molecule has 0 bridgehead atoms. The Balaban J connectivity index is 1.59. The van der Waals surface area contributed by atoms with Gasteiger partial charge in [-0.15, -0.1) is 10.2 Å². The van der Waals surface area contributed by atoms with Crippen LogP contribution in [0, 0.1) is 0 Å². The van der Waals surface area contributed by atoms with E-state index in [-0.39, 0.29) is 12.1 Å². The molecule has 0 amide bonds. The molecule has 0 saturated carbocycles. The molecule has 3 N–H and O–H groups in total. The average Bonchev–Trinajstić information content (AvgIpc) is 3.37. The van der Waals surface area contributed by atoms with E-state index in [2.05, 4.69) is 34.3 Å². The first kappa shape index (κ1) is 20.1. The Labute approximate surface area is 181 Å². The molecule has 4 heterocycles. The molecule has 2 atom stereocenters. The number of aromatic nitrogens is 4. The summed E-state index contributed by atoms with van der Waals surface area (Å²) in [5.74, 6) is 0.689. The van der Waals surface area contributed by atoms with Gasteiger partial charge in [0, 0.05) is 42.3 Å². The Bertz CT molecular complexity index is 1260. The van der Waals surface area contributed by atoms with Gasteiger partial charge in [-0.1, -0.05) is 30.3 Å². The number of nitrogens with two attached hydrogens (primary N) is 1. The zero-order valence-electron chi connectivity index (χ0n) is 18.2. The van der Waals surface area contributed by atoms with E-state index in [0.29, 0.717) is 5.82 Å². The number of benzene rings is 1. The van der Waals surface area contributed by atoms with Crippen molar-refractivity contribution in [1.29, 1.82) is 0 Å². The maximum Gasteiger partial charge on any atom is 0.187 e. The van der Waals surface area contributed by atoms with Gasteiger partial charge in [-0.3, -0.25) is 9.30 Å². The normalized spacial score (nSPS) is 18.8. The molecule has 7 heteroatoms. The molecule has 31 heavy (non-hydrogen) atoms. The molecule has 3 aromatic heterocycles. The van der Waals surface area contributed by atoms with Crippen LogP contribution in [0.1, 0.15) is 44.4 Å². The molecule has 4 aromatic rings. The summed E-state index contributed by atoms with van der Waals surface area (Å²) >= 11 is 0. The van der Waals surface area contributed by atoms with E-state index in [1.165, 1.54) is 5.56 Å². The van der Waals surface area contributed by atoms with Gasteiger partial charge in [0.2, 0.25) is 0 Å². The summed E-state index contributed by atoms with van der Waals surface area (Å²) in [7, 11) is 0. The minimum absolute atomic E-state index is 0.253. The second-order valence-electron chi connectivity index (χ2n) is 9.07. The van der Waals surface area contributed by atoms with Gasteiger partial charge in [-0.25, -0.2) is 4.98 Å². The molecular formula is C24H28N6O. The fourth-order valence-corrected chi connectivity index (χ4v) is 4.47. The van der Waals surface area contributed by atoms with Crippen molar-refractivity contribution in [2.75, 3.05) is 13.1 Å². The minimum atomic E-state index is -0.989. The maximum atomic E-state index is 10.6. The highest BCUT2D eigenvalue weighted by Crippen LogP contribution is 2.30. The van der Waals surface area contributed by atoms with E-state index in [4.69, 9.17) is 10.7 Å². The van der Waals surface area contributed by atoms with Gasteiger partial charge in [0.15, 0.2) is 11.5 Å². The largest absolute Gasteiger partial charge is 0.386 e. The number of nitrogens with zero attached hydrogens (tertiary/aromatic N) is 5. The molecule has 0 spiro atoms. The molecule has 1 aliphatic heterocycles. The fourth-order valence-electron chi connectivity index (χ4n) is 4.47. The predicted octanol–water partition coefficient (Wildman–Crippen LogP) is 3.27. The van der Waals surface area contributed by atoms with Gasteiger partial charge >= 0.3 is 0 Å². The molecule has 1 aliphatic rings. The Hall–Kier alpha value is -2.87. The van der Waals surface area contributed by atoms with Gasteiger partial charge < -0.3 is 10.8 Å². The third-order valence-corrected chi connectivity index (χ3v) is 6.32. The lowest BCUT2D eigenvalue weighted by Crippen LogP contribution is -2.28. The van der Waals surface area contributed by atoms with Crippen LogP contribution in [0.3, 0.4) is 0 Å². The Morgan fingerprint density at radius 1 is 1.13 bits per heavy atom. The number of para-hydroxylation sites is 1. The van der Waals surface area contributed by atoms with Crippen LogP contribution in [0.4, 0.5) is 0 Å². The van der Waals surface area contributed by atoms with Crippen molar-refractivity contribution in [3.05, 3.63) is 59.8 Å². The lowest BCUT2D eigenvalue weighted by molar-refractivity contribution is 0.0800. The van der Waals surface area contributed by atoms with Crippen molar-refractivity contribution in [3.63, 3.8) is 0 Å². The summed E-state index contributed by atoms with van der Waals surface area (Å²) < 4.78 is 2.00. The molecule has 0 radical (unpaired) electrons. The van der Waals surface area contributed by atoms with Crippen molar-refractivity contribution in [2.24, 2.45) is 5.73 Å². The minimum Gasteiger partial charge on any atom is -0.386 e. The van der Waals surface area contributed by atoms with Gasteiger partial charge in [-0.05, 0) is 44.9 Å². The number of hydrogen-bond acceptors (Lipinski definition) is 6. The van der Waals surface area contributed by atoms with E-state index < -0.39 is 5.60 Å². The number of fused-ring (bicyclic) bond motifs is 2. The smallest absolute Gasteiger partial charge is 0.187 e. The van der Waals surface area contributed by atoms with Crippen LogP contribution in [0.25, 0.3) is 28.1 Å². The number of pyridine rings is 2. The third kappa shape index (κ3) is 3.59. The quantitative estimate of drug-likeness (QED) is 0.530. The number of hydrogen-bond donors (Lipinski definition) is 2. The van der Waals surface area contributed by atoms with Crippen molar-refractivity contribution < 1.29 is 5.11 Å². The lowest BCUT2D eigenvalue weighted by Gasteiger charge is -2.24. The van der Waals surface area contributed by atoms with Crippen LogP contribution in [0.15, 0.2) is 48.7 Å². The van der Waals surface area contributed by atoms with Crippen LogP contribution >= 0.6 is 0 Å². The monoisotopic (exact) mass is 416 g/mol. The Morgan fingerprint density at radius 3 is 2.71 bits per heavy atom. The molecule has 5 rings (SSSR count). The van der Waals surface area contributed by atoms with Gasteiger partial charge in [0.05, 0.1) is 11.1 Å². The molecule has 0 aliphatic carbocycles. The first-order valence-electron chi connectivity index (χ1n) is 10.8. The standard InChI is InChI=1S/C24H28N6O/c1-15(29-12-11-18(25)14-29)17-8-10-21-27-28-23(30(21)13-17)20-9-7-16-5-4-6-19(22(16)26-20)24(2,3)31/h4-10,13,15,18,31H,11-12,14,25H2,1-3H3/t15-,18-/m0/s1. The Kier molecular flexibility index (Phi) is 4.77. The second-order valence-corrected chi connectivity index (χ2v) is 9.07. The molecule has 7 nitrogen and oxygen atoms in total. The van der Waals surface area contributed by atoms with Crippen LogP contribution < -0.4 is 5.73 Å². The van der Waals surface area contributed by atoms with Crippen LogP contribution in [-0.2, 0) is 5.60 Å². The Morgan fingerprint density at radius 2 is 1.97 bits per heavy atom. The molecular weight excluding hydrogens is 388 g/mol. The SMILES string of the molecule is C[C@@H](c1ccc2nnc(-c3ccc4cccc(C(C)(C)O)c4n3)n2c1)N1CC[C@H](N)C1. The van der Waals surface area contributed by atoms with Crippen molar-refractivity contribution in [3.8, 4) is 11.5 Å². The summed E-state index contributed by atoms with van der Waals surface area (Å²) in [5.41, 5.74) is 9.39. The van der Waals surface area contributed by atoms with E-state index in [1.807, 2.05) is 40.8 Å². The molecule has 1 saturated heterocycles. The van der Waals surface area contributed by atoms with E-state index in [0.717, 1.165) is 47.3 Å². The molecule has 0 unspecified atom stereocenters. The lowest BCUT2D eigenvalue weighted by atomic mass is 9.95. The van der Waals surface area contributed by atoms with Crippen LogP contribution in [0.2, 0.25) is 0 Å². The van der Waals surface area contributed by atoms with Gasteiger partial charge in [-0.2, -0.15) is 0 Å². The van der Waals surface area contributed by atoms with Crippen LogP contribution in [-0.4, -0.2) is 48.7 Å². The summed E-state index contributed by atoms with van der Waals surface area (Å²) in [6.45, 7) is 7.70. The fraction of sp³-hybridized carbons (Fsp3) is 0.375. The van der Waals surface area contributed by atoms with E-state index in [1.54, 1.807) is 13.8 Å². The van der Waals surface area contributed by atoms with Crippen LogP contribution in [0.5, 0.6) is 0 Å². The molecule has 1 aromatic carbocycles. The van der Waals surface area contributed by atoms with E-state index in [9.17, 15) is 5.11 Å². The van der Waals surface area contributed by atoms with Gasteiger partial charge in [0.25, 0.3) is 0 Å². The predicted molar refractivity (Wildman–Crippen MR) is 122 cm³/mol. The summed E-state index contributed by atoms with van der Waals surface area (Å²) in [6, 6.07) is 14.5. The van der Waals surface area contributed by atoms with Crippen molar-refractivity contribution in [1.82, 2.24) is 24.5 Å². The highest BCUT2D eigenvalue weighted by atomic mass is 16.3. The second kappa shape index (κ2) is 7.37. The summed E-state index contributed by atoms with van der Waals surface area (Å²) in [4.78, 5) is 7.30. The van der Waals surface area contributed by atoms with E-state index >= 15 is 0 Å². The summed E-state index contributed by atoms with van der Waals surface area (Å²) in [5, 5.41) is 20.4. The molecule has 160 valence electrons. The topological polar surface area (TPSA) is 92.6 Å². The first-order chi connectivity index (χ1) is 14.8. The van der Waals surface area contributed by atoms with Gasteiger partial charge in [0.1, 0.15) is 5.69 Å². The zero-order valence-corrected chi connectivity index (χ0v) is 18.2. The average molecular weight is 417 g/mol. The first-order valence-corrected chi connectivity index (χ1v) is 10.8. The maximum absolute atomic E-state index is 10.6. The number of aliphatic hydroxyl groups is 1. The van der Waals surface area contributed by atoms with Crippen molar-refractivity contribution in [2.45, 2.75) is 44.9 Å². The third-order valence-electron chi connectivity index (χ3n) is 6.32. The molecule has 1 fully saturated rings.